The molecule has 162 valence electrons. The van der Waals surface area contributed by atoms with E-state index in [1.165, 1.54) is 12.1 Å². The molecular weight excluding hydrogens is 448 g/mol. The van der Waals surface area contributed by atoms with Crippen molar-refractivity contribution in [2.75, 3.05) is 11.9 Å². The molecule has 1 saturated heterocycles. The summed E-state index contributed by atoms with van der Waals surface area (Å²) in [5.41, 5.74) is 0.139. The van der Waals surface area contributed by atoms with Crippen LogP contribution < -0.4 is 5.32 Å². The Kier molecular flexibility index (Phi) is 5.24. The molecule has 1 aromatic heterocycles. The van der Waals surface area contributed by atoms with Gasteiger partial charge < -0.3 is 15.5 Å². The highest BCUT2D eigenvalue weighted by molar-refractivity contribution is 7.89. The van der Waals surface area contributed by atoms with Crippen molar-refractivity contribution in [3.63, 3.8) is 0 Å². The lowest BCUT2D eigenvalue weighted by atomic mass is 10.2. The third kappa shape index (κ3) is 3.89. The number of phenolic OH excluding ortho intramolecular Hbond substituents is 2. The van der Waals surface area contributed by atoms with Gasteiger partial charge >= 0.3 is 0 Å². The molecule has 0 aliphatic carbocycles. The van der Waals surface area contributed by atoms with Crippen molar-refractivity contribution in [1.29, 1.82) is 0 Å². The second-order valence-electron chi connectivity index (χ2n) is 6.84. The number of fused-ring (bicyclic) bond motifs is 1. The number of nitro groups is 1. The van der Waals surface area contributed by atoms with Gasteiger partial charge in [-0.3, -0.25) is 14.9 Å². The van der Waals surface area contributed by atoms with Crippen LogP contribution in [0.5, 0.6) is 11.5 Å². The Morgan fingerprint density at radius 3 is 2.58 bits per heavy atom. The minimum atomic E-state index is -4.04. The van der Waals surface area contributed by atoms with E-state index in [0.717, 1.165) is 39.9 Å². The summed E-state index contributed by atoms with van der Waals surface area (Å²) in [4.78, 5) is 27.0. The summed E-state index contributed by atoms with van der Waals surface area (Å²) < 4.78 is 27.6. The topological polar surface area (TPSA) is 163 Å². The van der Waals surface area contributed by atoms with Crippen molar-refractivity contribution in [2.45, 2.75) is 23.8 Å². The highest BCUT2D eigenvalue weighted by Gasteiger charge is 2.39. The summed E-state index contributed by atoms with van der Waals surface area (Å²) in [6, 6.07) is 6.11. The quantitative estimate of drug-likeness (QED) is 0.294. The van der Waals surface area contributed by atoms with Gasteiger partial charge in [0.1, 0.15) is 6.04 Å². The number of hydrogen-bond donors (Lipinski definition) is 3. The number of nitrogens with zero attached hydrogens (tertiary/aromatic N) is 3. The number of nitro benzene ring substituents is 1. The van der Waals surface area contributed by atoms with Crippen molar-refractivity contribution < 1.29 is 28.3 Å². The van der Waals surface area contributed by atoms with Crippen molar-refractivity contribution in [2.24, 2.45) is 0 Å². The van der Waals surface area contributed by atoms with Crippen LogP contribution in [0.4, 0.5) is 10.8 Å². The number of thiazole rings is 1. The van der Waals surface area contributed by atoms with Crippen LogP contribution >= 0.6 is 11.3 Å². The average molecular weight is 464 g/mol. The summed E-state index contributed by atoms with van der Waals surface area (Å²) in [6.45, 7) is 0.138. The van der Waals surface area contributed by atoms with Crippen molar-refractivity contribution in [1.82, 2.24) is 9.29 Å². The van der Waals surface area contributed by atoms with Crippen molar-refractivity contribution in [3.05, 3.63) is 46.5 Å². The van der Waals surface area contributed by atoms with Crippen LogP contribution in [0.3, 0.4) is 0 Å². The number of phenols is 2. The Hall–Kier alpha value is -3.29. The van der Waals surface area contributed by atoms with E-state index in [1.54, 1.807) is 0 Å². The molecule has 3 N–H and O–H groups in total. The maximum Gasteiger partial charge on any atom is 0.269 e. The Morgan fingerprint density at radius 2 is 1.90 bits per heavy atom. The first-order valence-electron chi connectivity index (χ1n) is 9.06. The zero-order valence-electron chi connectivity index (χ0n) is 15.8. The number of carbonyl (C=O) groups excluding carboxylic acids is 1. The predicted molar refractivity (Wildman–Crippen MR) is 112 cm³/mol. The molecule has 1 fully saturated rings. The fourth-order valence-corrected chi connectivity index (χ4v) is 5.90. The van der Waals surface area contributed by atoms with Crippen LogP contribution in [-0.4, -0.2) is 51.3 Å². The number of carbonyl (C=O) groups is 1. The number of aromatic hydroxyl groups is 2. The van der Waals surface area contributed by atoms with E-state index in [0.29, 0.717) is 23.1 Å². The zero-order valence-corrected chi connectivity index (χ0v) is 17.4. The molecule has 0 saturated carbocycles. The number of aromatic nitrogens is 1. The third-order valence-corrected chi connectivity index (χ3v) is 7.73. The van der Waals surface area contributed by atoms with E-state index >= 15 is 0 Å². The van der Waals surface area contributed by atoms with Crippen molar-refractivity contribution in [3.8, 4) is 11.5 Å². The monoisotopic (exact) mass is 464 g/mol. The van der Waals surface area contributed by atoms with E-state index in [4.69, 9.17) is 0 Å². The lowest BCUT2D eigenvalue weighted by Gasteiger charge is -2.22. The number of rotatable bonds is 5. The Balaban J connectivity index is 1.56. The molecule has 1 atom stereocenters. The van der Waals surface area contributed by atoms with Gasteiger partial charge in [-0.15, -0.1) is 0 Å². The highest BCUT2D eigenvalue weighted by Crippen LogP contribution is 2.35. The van der Waals surface area contributed by atoms with Crippen LogP contribution in [-0.2, 0) is 14.8 Å². The van der Waals surface area contributed by atoms with Crippen LogP contribution in [0.15, 0.2) is 41.3 Å². The van der Waals surface area contributed by atoms with E-state index < -0.39 is 26.9 Å². The smallest absolute Gasteiger partial charge is 0.269 e. The number of sulfonamides is 1. The number of nitrogens with one attached hydrogen (secondary N) is 1. The largest absolute Gasteiger partial charge is 0.504 e. The molecule has 1 aliphatic rings. The lowest BCUT2D eigenvalue weighted by Crippen LogP contribution is -2.43. The van der Waals surface area contributed by atoms with Gasteiger partial charge in [-0.25, -0.2) is 13.4 Å². The van der Waals surface area contributed by atoms with E-state index in [2.05, 4.69) is 10.3 Å². The molecule has 0 radical (unpaired) electrons. The minimum absolute atomic E-state index is 0.135. The first-order chi connectivity index (χ1) is 14.7. The highest BCUT2D eigenvalue weighted by atomic mass is 32.2. The van der Waals surface area contributed by atoms with Gasteiger partial charge in [0, 0.05) is 30.8 Å². The first-order valence-corrected chi connectivity index (χ1v) is 11.3. The molecule has 31 heavy (non-hydrogen) atoms. The Labute approximate surface area is 179 Å². The Bertz CT molecular complexity index is 1250. The maximum atomic E-state index is 13.0. The number of non-ortho nitro benzene ring substituents is 1. The molecule has 0 bridgehead atoms. The fraction of sp³-hybridized carbons (Fsp3) is 0.222. The summed E-state index contributed by atoms with van der Waals surface area (Å²) >= 11 is 1.07. The van der Waals surface area contributed by atoms with Crippen LogP contribution in [0.25, 0.3) is 10.2 Å². The maximum absolute atomic E-state index is 13.0. The van der Waals surface area contributed by atoms with Gasteiger partial charge in [0.25, 0.3) is 5.69 Å². The molecule has 2 aromatic carbocycles. The standard InChI is InChI=1S/C18H16N4O7S2/c23-14-8-12-16(9-15(14)24)30-18(19-12)20-17(25)13-2-1-7-21(13)31(28,29)11-5-3-10(4-6-11)22(26)27/h3-6,8-9,13,23-24H,1-2,7H2,(H,19,20,25)/t13-/m1/s1. The van der Waals surface area contributed by atoms with Gasteiger partial charge in [0.2, 0.25) is 15.9 Å². The fourth-order valence-electron chi connectivity index (χ4n) is 3.36. The van der Waals surface area contributed by atoms with Gasteiger partial charge in [0.15, 0.2) is 16.6 Å². The summed E-state index contributed by atoms with van der Waals surface area (Å²) in [6.07, 6.45) is 0.788. The molecule has 4 rings (SSSR count). The number of benzene rings is 2. The van der Waals surface area contributed by atoms with E-state index in [-0.39, 0.29) is 33.8 Å². The third-order valence-electron chi connectivity index (χ3n) is 4.88. The van der Waals surface area contributed by atoms with Gasteiger partial charge in [0.05, 0.1) is 20.0 Å². The average Bonchev–Trinajstić information content (AvgIpc) is 3.35. The number of hydrogen-bond acceptors (Lipinski definition) is 9. The van der Waals surface area contributed by atoms with Crippen molar-refractivity contribution >= 4 is 48.3 Å². The van der Waals surface area contributed by atoms with Crippen LogP contribution in [0.2, 0.25) is 0 Å². The molecule has 1 aliphatic heterocycles. The normalized spacial score (nSPS) is 17.1. The van der Waals surface area contributed by atoms with Gasteiger partial charge in [-0.2, -0.15) is 4.31 Å². The van der Waals surface area contributed by atoms with E-state index in [1.807, 2.05) is 0 Å². The SMILES string of the molecule is O=C(Nc1nc2cc(O)c(O)cc2s1)[C@H]1CCCN1S(=O)(=O)c1ccc([N+](=O)[O-])cc1. The lowest BCUT2D eigenvalue weighted by molar-refractivity contribution is -0.384. The number of anilines is 1. The molecule has 1 amide bonds. The molecular formula is C18H16N4O7S2. The minimum Gasteiger partial charge on any atom is -0.504 e. The molecule has 13 heteroatoms. The summed E-state index contributed by atoms with van der Waals surface area (Å²) in [7, 11) is -4.04. The molecule has 0 spiro atoms. The van der Waals surface area contributed by atoms with Gasteiger partial charge in [-0.05, 0) is 25.0 Å². The molecule has 11 nitrogen and oxygen atoms in total. The predicted octanol–water partition coefficient (Wildman–Crippen LogP) is 2.41. The summed E-state index contributed by atoms with van der Waals surface area (Å²) in [5, 5.41) is 32.8. The molecule has 2 heterocycles. The molecule has 0 unspecified atom stereocenters. The van der Waals surface area contributed by atoms with E-state index in [9.17, 15) is 33.5 Å². The first kappa shape index (κ1) is 21.0. The second-order valence-corrected chi connectivity index (χ2v) is 9.76. The molecule has 3 aromatic rings. The van der Waals surface area contributed by atoms with Crippen LogP contribution in [0, 0.1) is 10.1 Å². The Morgan fingerprint density at radius 1 is 1.23 bits per heavy atom. The number of amides is 1. The zero-order chi connectivity index (χ0) is 22.3. The second kappa shape index (κ2) is 7.76. The van der Waals surface area contributed by atoms with Gasteiger partial charge in [-0.1, -0.05) is 11.3 Å². The summed E-state index contributed by atoms with van der Waals surface area (Å²) in [5.74, 6) is -1.22. The van der Waals surface area contributed by atoms with Crippen LogP contribution in [0.1, 0.15) is 12.8 Å².